The van der Waals surface area contributed by atoms with Crippen molar-refractivity contribution >= 4 is 34.0 Å². The summed E-state index contributed by atoms with van der Waals surface area (Å²) in [4.78, 5) is 27.5. The van der Waals surface area contributed by atoms with E-state index in [9.17, 15) is 30.0 Å². The molecule has 12 heteroatoms. The maximum Gasteiger partial charge on any atom is 0.146 e. The Labute approximate surface area is 326 Å². The molecule has 6 rings (SSSR count). The van der Waals surface area contributed by atoms with Crippen LogP contribution in [-0.4, -0.2) is 52.1 Å². The van der Waals surface area contributed by atoms with Gasteiger partial charge in [0, 0.05) is 34.9 Å². The number of phenolic OH excluding ortho intramolecular Hbond substituents is 2. The average Bonchev–Trinajstić information content (AvgIpc) is 3.76. The predicted molar refractivity (Wildman–Crippen MR) is 211 cm³/mol. The van der Waals surface area contributed by atoms with E-state index >= 15 is 0 Å². The number of benzene rings is 4. The van der Waals surface area contributed by atoms with Gasteiger partial charge in [-0.1, -0.05) is 104 Å². The zero-order valence-electron chi connectivity index (χ0n) is 33.0. The Kier molecular flexibility index (Phi) is 11.5. The number of aromatic hydroxyl groups is 2. The highest BCUT2D eigenvalue weighted by atomic mass is 16.4. The lowest BCUT2D eigenvalue weighted by Crippen LogP contribution is -2.33. The zero-order chi connectivity index (χ0) is 40.4. The van der Waals surface area contributed by atoms with Crippen molar-refractivity contribution in [2.45, 2.75) is 104 Å². The number of phenols is 2. The fourth-order valence-corrected chi connectivity index (χ4v) is 7.28. The summed E-state index contributed by atoms with van der Waals surface area (Å²) >= 11 is 0. The molecule has 0 amide bonds. The number of carbonyl (C=O) groups is 2. The summed E-state index contributed by atoms with van der Waals surface area (Å²) in [6, 6.07) is 22.0. The number of fused-ring (bicyclic) bond motifs is 2. The van der Waals surface area contributed by atoms with Crippen molar-refractivity contribution in [1.29, 1.82) is 0 Å². The second-order valence-corrected chi connectivity index (χ2v) is 16.9. The molecule has 6 aromatic rings. The second kappa shape index (κ2) is 16.1. The summed E-state index contributed by atoms with van der Waals surface area (Å²) in [6.07, 6.45) is 3.88. The van der Waals surface area contributed by atoms with Crippen LogP contribution in [0.15, 0.2) is 72.8 Å². The number of carbonyl (C=O) groups excluding carboxylic acids is 2. The van der Waals surface area contributed by atoms with E-state index in [-0.39, 0.29) is 24.3 Å². The highest BCUT2D eigenvalue weighted by Crippen LogP contribution is 2.38. The number of nitrogens with zero attached hydrogens (tertiary/aromatic N) is 6. The molecular formula is C44H50N6O6-2. The van der Waals surface area contributed by atoms with Crippen molar-refractivity contribution in [3.8, 4) is 22.9 Å². The van der Waals surface area contributed by atoms with Crippen LogP contribution in [0.5, 0.6) is 11.5 Å². The maximum atomic E-state index is 12.4. The molecule has 0 fully saturated rings. The first kappa shape index (κ1) is 39.9. The fourth-order valence-electron chi connectivity index (χ4n) is 7.28. The first-order valence-corrected chi connectivity index (χ1v) is 19.3. The highest BCUT2D eigenvalue weighted by Gasteiger charge is 2.26. The van der Waals surface area contributed by atoms with E-state index in [0.717, 1.165) is 24.0 Å². The lowest BCUT2D eigenvalue weighted by molar-refractivity contribution is -0.313. The van der Waals surface area contributed by atoms with Gasteiger partial charge in [-0.05, 0) is 84.0 Å². The number of hydrogen-bond acceptors (Lipinski definition) is 10. The summed E-state index contributed by atoms with van der Waals surface area (Å²) in [5, 5.41) is 65.5. The van der Waals surface area contributed by atoms with Gasteiger partial charge < -0.3 is 30.0 Å². The molecular weight excluding hydrogens is 709 g/mol. The second-order valence-electron chi connectivity index (χ2n) is 16.9. The molecule has 0 aliphatic carbocycles. The van der Waals surface area contributed by atoms with E-state index in [4.69, 9.17) is 0 Å². The topological polar surface area (TPSA) is 182 Å². The highest BCUT2D eigenvalue weighted by molar-refractivity contribution is 5.75. The molecule has 0 aliphatic heterocycles. The van der Waals surface area contributed by atoms with Gasteiger partial charge in [0.05, 0.1) is 0 Å². The largest absolute Gasteiger partial charge is 0.550 e. The van der Waals surface area contributed by atoms with Gasteiger partial charge in [-0.25, -0.2) is 0 Å². The van der Waals surface area contributed by atoms with Gasteiger partial charge in [0.1, 0.15) is 44.9 Å². The van der Waals surface area contributed by atoms with Gasteiger partial charge in [0.2, 0.25) is 0 Å². The standard InChI is InChI=1S/C44H52N6O6/c1-43(2,3)31-23-27(25-37(39(31)51)49-45-33-17-11-12-18-34(33)46-49)21-29(41(53)54)15-9-7-8-10-16-30(42(55)56)22-28-24-32(44(4,5)6)40(52)38(26-28)50-47-35-19-13-14-20-36(35)48-50/h11-14,17-20,23-26,29-30,51-52H,7-10,15-16,21-22H2,1-6H3,(H,53,54)(H,55,56)/p-2. The van der Waals surface area contributed by atoms with Crippen LogP contribution in [0, 0.1) is 11.8 Å². The van der Waals surface area contributed by atoms with Crippen molar-refractivity contribution in [3.63, 3.8) is 0 Å². The van der Waals surface area contributed by atoms with Crippen LogP contribution in [0.25, 0.3) is 33.4 Å². The predicted octanol–water partition coefficient (Wildman–Crippen LogP) is 6.02. The SMILES string of the molecule is CC(C)(C)c1cc(CC(CCCCCCC(Cc2cc(-n3nc4ccccc4n3)c(O)c(C(C)(C)C)c2)C(=O)[O-])C(=O)[O-])cc(-n2nc3ccccc3n2)c1O. The van der Waals surface area contributed by atoms with E-state index < -0.39 is 34.6 Å². The van der Waals surface area contributed by atoms with Crippen molar-refractivity contribution in [2.75, 3.05) is 0 Å². The van der Waals surface area contributed by atoms with Gasteiger partial charge in [-0.2, -0.15) is 0 Å². The Balaban J connectivity index is 1.09. The molecule has 12 nitrogen and oxygen atoms in total. The van der Waals surface area contributed by atoms with Gasteiger partial charge in [0.15, 0.2) is 0 Å². The zero-order valence-corrected chi connectivity index (χ0v) is 33.0. The Morgan fingerprint density at radius 1 is 0.571 bits per heavy atom. The molecule has 56 heavy (non-hydrogen) atoms. The lowest BCUT2D eigenvalue weighted by atomic mass is 9.83. The quantitative estimate of drug-likeness (QED) is 0.118. The number of aromatic nitrogens is 6. The monoisotopic (exact) mass is 758 g/mol. The van der Waals surface area contributed by atoms with E-state index in [0.29, 0.717) is 70.3 Å². The number of carboxylic acid groups (broad SMARTS) is 2. The third kappa shape index (κ3) is 9.01. The summed E-state index contributed by atoms with van der Waals surface area (Å²) < 4.78 is 0. The summed E-state index contributed by atoms with van der Waals surface area (Å²) in [5.74, 6) is -3.71. The van der Waals surface area contributed by atoms with Crippen molar-refractivity contribution in [3.05, 3.63) is 95.1 Å². The number of rotatable bonds is 15. The Bertz CT molecular complexity index is 2130. The molecule has 0 radical (unpaired) electrons. The Morgan fingerprint density at radius 3 is 1.18 bits per heavy atom. The molecule has 294 valence electrons. The first-order chi connectivity index (χ1) is 26.5. The number of carboxylic acids is 2. The van der Waals surface area contributed by atoms with Crippen LogP contribution in [0.3, 0.4) is 0 Å². The molecule has 0 saturated heterocycles. The van der Waals surface area contributed by atoms with Crippen LogP contribution in [-0.2, 0) is 33.3 Å². The normalized spacial score (nSPS) is 13.3. The average molecular weight is 759 g/mol. The van der Waals surface area contributed by atoms with Crippen LogP contribution < -0.4 is 10.2 Å². The molecule has 0 saturated carbocycles. The lowest BCUT2D eigenvalue weighted by Gasteiger charge is -2.25. The van der Waals surface area contributed by atoms with E-state index in [1.54, 1.807) is 12.1 Å². The molecule has 2 atom stereocenters. The van der Waals surface area contributed by atoms with Crippen molar-refractivity contribution in [1.82, 2.24) is 30.0 Å². The molecule has 2 unspecified atom stereocenters. The fraction of sp³-hybridized carbons (Fsp3) is 0.409. The van der Waals surface area contributed by atoms with Crippen LogP contribution in [0.1, 0.15) is 102 Å². The molecule has 4 aromatic carbocycles. The van der Waals surface area contributed by atoms with E-state index in [1.807, 2.05) is 102 Å². The molecule has 0 spiro atoms. The molecule has 2 aromatic heterocycles. The smallest absolute Gasteiger partial charge is 0.146 e. The van der Waals surface area contributed by atoms with Gasteiger partial charge in [-0.15, -0.1) is 30.0 Å². The minimum absolute atomic E-state index is 0.0468. The van der Waals surface area contributed by atoms with Crippen molar-refractivity contribution < 1.29 is 30.0 Å². The van der Waals surface area contributed by atoms with Gasteiger partial charge >= 0.3 is 0 Å². The molecule has 0 bridgehead atoms. The Hall–Kier alpha value is -5.78. The van der Waals surface area contributed by atoms with E-state index in [1.165, 1.54) is 9.59 Å². The van der Waals surface area contributed by atoms with E-state index in [2.05, 4.69) is 20.4 Å². The van der Waals surface area contributed by atoms with Gasteiger partial charge in [0.25, 0.3) is 0 Å². The third-order valence-corrected chi connectivity index (χ3v) is 10.4. The third-order valence-electron chi connectivity index (χ3n) is 10.4. The molecule has 0 aliphatic rings. The summed E-state index contributed by atoms with van der Waals surface area (Å²) in [5.41, 5.74) is 5.39. The summed E-state index contributed by atoms with van der Waals surface area (Å²) in [7, 11) is 0. The van der Waals surface area contributed by atoms with Crippen LogP contribution >= 0.6 is 0 Å². The Morgan fingerprint density at radius 2 is 0.893 bits per heavy atom. The van der Waals surface area contributed by atoms with Crippen molar-refractivity contribution in [2.24, 2.45) is 11.8 Å². The number of hydrogen-bond donors (Lipinski definition) is 2. The summed E-state index contributed by atoms with van der Waals surface area (Å²) in [6.45, 7) is 11.9. The first-order valence-electron chi connectivity index (χ1n) is 19.3. The van der Waals surface area contributed by atoms with Crippen LogP contribution in [0.2, 0.25) is 0 Å². The number of aliphatic carboxylic acids is 2. The maximum absolute atomic E-state index is 12.4. The number of unbranched alkanes of at least 4 members (excludes halogenated alkanes) is 3. The van der Waals surface area contributed by atoms with Crippen LogP contribution in [0.4, 0.5) is 0 Å². The molecule has 2 N–H and O–H groups in total. The minimum Gasteiger partial charge on any atom is -0.550 e. The van der Waals surface area contributed by atoms with Gasteiger partial charge in [-0.3, -0.25) is 0 Å². The minimum atomic E-state index is -1.14. The molecule has 2 heterocycles.